The summed E-state index contributed by atoms with van der Waals surface area (Å²) < 4.78 is 6.08. The second-order valence-electron chi connectivity index (χ2n) is 8.90. The van der Waals surface area contributed by atoms with E-state index in [1.54, 1.807) is 42.3 Å². The minimum Gasteiger partial charge on any atom is -0.496 e. The fraction of sp³-hybridized carbons (Fsp3) is 0.214. The standard InChI is InChI=1S/C28H23N7O3S2/c1-38-22-12-5-3-8-17(22)24-18(14-30)26(31)35(20-10-6-11-21(36)25(20)24)27-33-34-28(40-27)39-15-23(37)32-19-9-4-2-7-16(19)13-29/h2-5,7-9,12,24H,6,10-11,15,31H2,1H3,(H,32,37). The highest BCUT2D eigenvalue weighted by Crippen LogP contribution is 2.48. The molecule has 40 heavy (non-hydrogen) atoms. The molecular weight excluding hydrogens is 546 g/mol. The van der Waals surface area contributed by atoms with Crippen molar-refractivity contribution < 1.29 is 14.3 Å². The summed E-state index contributed by atoms with van der Waals surface area (Å²) in [5, 5.41) is 31.1. The van der Waals surface area contributed by atoms with Crippen LogP contribution in [-0.2, 0) is 9.59 Å². The Morgan fingerprint density at radius 3 is 2.73 bits per heavy atom. The first-order valence-corrected chi connectivity index (χ1v) is 14.1. The molecule has 2 heterocycles. The Kier molecular flexibility index (Phi) is 7.82. The Morgan fingerprint density at radius 2 is 1.95 bits per heavy atom. The third-order valence-corrected chi connectivity index (χ3v) is 8.64. The van der Waals surface area contributed by atoms with Crippen LogP contribution in [0.5, 0.6) is 5.75 Å². The van der Waals surface area contributed by atoms with Gasteiger partial charge < -0.3 is 15.8 Å². The molecule has 200 valence electrons. The number of hydrogen-bond acceptors (Lipinski definition) is 11. The smallest absolute Gasteiger partial charge is 0.234 e. The van der Waals surface area contributed by atoms with E-state index in [1.807, 2.05) is 18.2 Å². The fourth-order valence-corrected chi connectivity index (χ4v) is 6.56. The highest BCUT2D eigenvalue weighted by atomic mass is 32.2. The maximum absolute atomic E-state index is 13.3. The lowest BCUT2D eigenvalue weighted by atomic mass is 9.75. The number of amides is 1. The number of methoxy groups -OCH3 is 1. The number of benzene rings is 2. The molecule has 2 aliphatic rings. The first-order chi connectivity index (χ1) is 19.5. The predicted molar refractivity (Wildman–Crippen MR) is 151 cm³/mol. The number of nitrogens with two attached hydrogens (primary N) is 1. The van der Waals surface area contributed by atoms with Gasteiger partial charge in [0.2, 0.25) is 11.0 Å². The second-order valence-corrected chi connectivity index (χ2v) is 11.1. The number of allylic oxidation sites excluding steroid dienone is 3. The second kappa shape index (κ2) is 11.6. The number of nitriles is 2. The van der Waals surface area contributed by atoms with Crippen molar-refractivity contribution in [3.63, 3.8) is 0 Å². The molecule has 1 atom stereocenters. The normalized spacial score (nSPS) is 16.7. The van der Waals surface area contributed by atoms with Gasteiger partial charge in [-0.15, -0.1) is 10.2 Å². The summed E-state index contributed by atoms with van der Waals surface area (Å²) in [5.74, 6) is -0.192. The van der Waals surface area contributed by atoms with Gasteiger partial charge in [-0.3, -0.25) is 14.5 Å². The summed E-state index contributed by atoms with van der Waals surface area (Å²) in [6.45, 7) is 0. The van der Waals surface area contributed by atoms with Crippen molar-refractivity contribution in [2.75, 3.05) is 23.1 Å². The summed E-state index contributed by atoms with van der Waals surface area (Å²) in [5.41, 5.74) is 9.58. The molecule has 0 saturated heterocycles. The van der Waals surface area contributed by atoms with Gasteiger partial charge in [-0.1, -0.05) is 53.4 Å². The van der Waals surface area contributed by atoms with Crippen LogP contribution in [0.25, 0.3) is 0 Å². The predicted octanol–water partition coefficient (Wildman–Crippen LogP) is 4.45. The van der Waals surface area contributed by atoms with Crippen LogP contribution in [-0.4, -0.2) is 34.8 Å². The van der Waals surface area contributed by atoms with Crippen molar-refractivity contribution in [1.29, 1.82) is 10.5 Å². The van der Waals surface area contributed by atoms with Gasteiger partial charge in [-0.2, -0.15) is 10.5 Å². The number of hydrogen-bond donors (Lipinski definition) is 2. The summed E-state index contributed by atoms with van der Waals surface area (Å²) in [6, 6.07) is 18.4. The first-order valence-electron chi connectivity index (χ1n) is 12.3. The SMILES string of the molecule is COc1ccccc1C1C(C#N)=C(N)N(c2nnc(SCC(=O)Nc3ccccc3C#N)s2)C2=C1C(=O)CCC2. The number of nitrogens with zero attached hydrogens (tertiary/aromatic N) is 5. The molecule has 5 rings (SSSR count). The van der Waals surface area contributed by atoms with Gasteiger partial charge in [0.05, 0.1) is 41.7 Å². The molecule has 0 bridgehead atoms. The highest BCUT2D eigenvalue weighted by molar-refractivity contribution is 8.01. The number of para-hydroxylation sites is 2. The van der Waals surface area contributed by atoms with Crippen LogP contribution < -0.4 is 20.7 Å². The van der Waals surface area contributed by atoms with Crippen LogP contribution >= 0.6 is 23.1 Å². The number of nitrogens with one attached hydrogen (secondary N) is 1. The zero-order valence-corrected chi connectivity index (χ0v) is 23.0. The van der Waals surface area contributed by atoms with Crippen LogP contribution in [0.1, 0.15) is 36.3 Å². The molecule has 0 radical (unpaired) electrons. The van der Waals surface area contributed by atoms with Gasteiger partial charge in [0.1, 0.15) is 17.6 Å². The topological polar surface area (TPSA) is 158 Å². The van der Waals surface area contributed by atoms with E-state index in [0.717, 1.165) is 0 Å². The molecule has 12 heteroatoms. The minimum absolute atomic E-state index is 0.0455. The van der Waals surface area contributed by atoms with Crippen molar-refractivity contribution in [3.8, 4) is 17.9 Å². The van der Waals surface area contributed by atoms with E-state index >= 15 is 0 Å². The van der Waals surface area contributed by atoms with Crippen molar-refractivity contribution in [2.45, 2.75) is 29.5 Å². The number of carbonyl (C=O) groups is 2. The van der Waals surface area contributed by atoms with Gasteiger partial charge >= 0.3 is 0 Å². The van der Waals surface area contributed by atoms with Crippen molar-refractivity contribution >= 4 is 45.6 Å². The fourth-order valence-electron chi connectivity index (χ4n) is 4.88. The molecule has 10 nitrogen and oxygen atoms in total. The number of rotatable bonds is 7. The van der Waals surface area contributed by atoms with E-state index < -0.39 is 5.92 Å². The third kappa shape index (κ3) is 5.02. The molecule has 1 aliphatic heterocycles. The Hall–Kier alpha value is -4.65. The number of thioether (sulfide) groups is 1. The number of carbonyl (C=O) groups excluding carboxylic acids is 2. The Morgan fingerprint density at radius 1 is 1.18 bits per heavy atom. The van der Waals surface area contributed by atoms with Crippen LogP contribution in [0, 0.1) is 22.7 Å². The zero-order valence-electron chi connectivity index (χ0n) is 21.4. The molecule has 0 saturated carbocycles. The summed E-state index contributed by atoms with van der Waals surface area (Å²) in [4.78, 5) is 27.5. The van der Waals surface area contributed by atoms with E-state index in [1.165, 1.54) is 23.1 Å². The molecule has 0 fully saturated rings. The first kappa shape index (κ1) is 26.9. The van der Waals surface area contributed by atoms with E-state index in [9.17, 15) is 20.1 Å². The molecule has 1 amide bonds. The number of aromatic nitrogens is 2. The lowest BCUT2D eigenvalue weighted by Gasteiger charge is -2.38. The lowest BCUT2D eigenvalue weighted by Crippen LogP contribution is -2.38. The third-order valence-electron chi connectivity index (χ3n) is 6.60. The molecule has 2 aromatic carbocycles. The lowest BCUT2D eigenvalue weighted by molar-refractivity contribution is -0.116. The Labute approximate surface area is 238 Å². The van der Waals surface area contributed by atoms with E-state index in [-0.39, 0.29) is 28.8 Å². The van der Waals surface area contributed by atoms with Gasteiger partial charge in [0.15, 0.2) is 10.1 Å². The molecule has 0 spiro atoms. The molecule has 1 aromatic heterocycles. The van der Waals surface area contributed by atoms with Crippen LogP contribution in [0.3, 0.4) is 0 Å². The highest BCUT2D eigenvalue weighted by Gasteiger charge is 2.42. The maximum atomic E-state index is 13.3. The van der Waals surface area contributed by atoms with Gasteiger partial charge in [0.25, 0.3) is 0 Å². The summed E-state index contributed by atoms with van der Waals surface area (Å²) >= 11 is 2.40. The zero-order chi connectivity index (χ0) is 28.2. The van der Waals surface area contributed by atoms with Crippen molar-refractivity contribution in [3.05, 3.63) is 82.3 Å². The number of Topliss-reactive ketones (excluding diaryl/α,β-unsaturated/α-hetero) is 1. The largest absolute Gasteiger partial charge is 0.496 e. The number of ketones is 1. The van der Waals surface area contributed by atoms with Crippen molar-refractivity contribution in [2.24, 2.45) is 5.73 Å². The number of anilines is 2. The van der Waals surface area contributed by atoms with Crippen LogP contribution in [0.15, 0.2) is 75.5 Å². The van der Waals surface area contributed by atoms with Gasteiger partial charge in [-0.05, 0) is 31.0 Å². The minimum atomic E-state index is -0.651. The molecule has 3 N–H and O–H groups in total. The average Bonchev–Trinajstić information content (AvgIpc) is 3.44. The van der Waals surface area contributed by atoms with Gasteiger partial charge in [0, 0.05) is 23.3 Å². The van der Waals surface area contributed by atoms with E-state index in [0.29, 0.717) is 62.6 Å². The van der Waals surface area contributed by atoms with E-state index in [4.69, 9.17) is 10.5 Å². The molecule has 1 aliphatic carbocycles. The molecular formula is C28H23N7O3S2. The van der Waals surface area contributed by atoms with E-state index in [2.05, 4.69) is 27.7 Å². The quantitative estimate of drug-likeness (QED) is 0.389. The Balaban J connectivity index is 1.44. The summed E-state index contributed by atoms with van der Waals surface area (Å²) in [6.07, 6.45) is 1.60. The average molecular weight is 570 g/mol. The number of ether oxygens (including phenoxy) is 1. The molecule has 3 aromatic rings. The van der Waals surface area contributed by atoms with Crippen LogP contribution in [0.4, 0.5) is 10.8 Å². The summed E-state index contributed by atoms with van der Waals surface area (Å²) in [7, 11) is 1.55. The van der Waals surface area contributed by atoms with Crippen molar-refractivity contribution in [1.82, 2.24) is 10.2 Å². The Bertz CT molecular complexity index is 1650. The monoisotopic (exact) mass is 569 g/mol. The van der Waals surface area contributed by atoms with Gasteiger partial charge in [-0.25, -0.2) is 0 Å². The maximum Gasteiger partial charge on any atom is 0.234 e. The van der Waals surface area contributed by atoms with Crippen LogP contribution in [0.2, 0.25) is 0 Å². The molecule has 1 unspecified atom stereocenters.